The van der Waals surface area contributed by atoms with E-state index in [4.69, 9.17) is 4.98 Å². The van der Waals surface area contributed by atoms with Crippen molar-refractivity contribution in [3.63, 3.8) is 0 Å². The SMILES string of the molecule is C[C@@H](CN(C)C(=O)CN1CCC[C@H](c2cc(=O)n3c(n2)CCCCC3)C1)c1ccccc1. The second-order valence-electron chi connectivity index (χ2n) is 9.56. The molecule has 2 aliphatic rings. The number of aryl methyl sites for hydroxylation is 1. The molecule has 0 radical (unpaired) electrons. The van der Waals surface area contributed by atoms with Crippen LogP contribution in [0.15, 0.2) is 41.2 Å². The molecule has 172 valence electrons. The molecule has 0 aliphatic carbocycles. The molecule has 1 saturated heterocycles. The van der Waals surface area contributed by atoms with Gasteiger partial charge in [-0.15, -0.1) is 0 Å². The number of aromatic nitrogens is 2. The number of carbonyl (C=O) groups excluding carboxylic acids is 1. The molecule has 2 aromatic rings. The molecule has 6 heteroatoms. The van der Waals surface area contributed by atoms with Gasteiger partial charge in [-0.25, -0.2) is 4.98 Å². The Hall–Kier alpha value is -2.47. The normalized spacial score (nSPS) is 20.2. The van der Waals surface area contributed by atoms with Crippen LogP contribution < -0.4 is 5.56 Å². The largest absolute Gasteiger partial charge is 0.344 e. The minimum absolute atomic E-state index is 0.0923. The van der Waals surface area contributed by atoms with E-state index in [1.807, 2.05) is 34.7 Å². The lowest BCUT2D eigenvalue weighted by atomic mass is 9.94. The van der Waals surface area contributed by atoms with Gasteiger partial charge in [-0.05, 0) is 43.7 Å². The van der Waals surface area contributed by atoms with Crippen LogP contribution in [0.2, 0.25) is 0 Å². The average molecular weight is 437 g/mol. The Labute approximate surface area is 191 Å². The Morgan fingerprint density at radius 3 is 2.78 bits per heavy atom. The van der Waals surface area contributed by atoms with E-state index in [1.54, 1.807) is 6.07 Å². The summed E-state index contributed by atoms with van der Waals surface area (Å²) in [7, 11) is 1.90. The summed E-state index contributed by atoms with van der Waals surface area (Å²) in [5, 5.41) is 0. The third kappa shape index (κ3) is 5.47. The Bertz CT molecular complexity index is 972. The highest BCUT2D eigenvalue weighted by Crippen LogP contribution is 2.26. The zero-order valence-corrected chi connectivity index (χ0v) is 19.5. The van der Waals surface area contributed by atoms with Crippen molar-refractivity contribution in [2.45, 2.75) is 63.8 Å². The topological polar surface area (TPSA) is 58.4 Å². The van der Waals surface area contributed by atoms with Gasteiger partial charge in [-0.3, -0.25) is 19.1 Å². The number of likely N-dealkylation sites (N-methyl/N-ethyl adjacent to an activating group) is 1. The van der Waals surface area contributed by atoms with Gasteiger partial charge in [0, 0.05) is 45.1 Å². The average Bonchev–Trinajstić information content (AvgIpc) is 3.06. The van der Waals surface area contributed by atoms with Crippen LogP contribution in [0.1, 0.15) is 67.9 Å². The van der Waals surface area contributed by atoms with E-state index in [1.165, 1.54) is 5.56 Å². The van der Waals surface area contributed by atoms with Crippen molar-refractivity contribution >= 4 is 5.91 Å². The third-order valence-corrected chi connectivity index (χ3v) is 7.01. The van der Waals surface area contributed by atoms with Gasteiger partial charge in [0.15, 0.2) is 0 Å². The van der Waals surface area contributed by atoms with Gasteiger partial charge in [0.2, 0.25) is 5.91 Å². The number of nitrogens with zero attached hydrogens (tertiary/aromatic N) is 4. The van der Waals surface area contributed by atoms with Crippen molar-refractivity contribution in [1.82, 2.24) is 19.4 Å². The highest BCUT2D eigenvalue weighted by molar-refractivity contribution is 5.78. The van der Waals surface area contributed by atoms with E-state index in [0.717, 1.165) is 69.7 Å². The molecule has 0 bridgehead atoms. The van der Waals surface area contributed by atoms with Crippen LogP contribution in [0.4, 0.5) is 0 Å². The highest BCUT2D eigenvalue weighted by atomic mass is 16.2. The van der Waals surface area contributed by atoms with Crippen LogP contribution in [0, 0.1) is 0 Å². The zero-order valence-electron chi connectivity index (χ0n) is 19.5. The summed E-state index contributed by atoms with van der Waals surface area (Å²) in [6.07, 6.45) is 6.28. The molecule has 4 rings (SSSR count). The fourth-order valence-electron chi connectivity index (χ4n) is 5.09. The van der Waals surface area contributed by atoms with Crippen LogP contribution >= 0.6 is 0 Å². The van der Waals surface area contributed by atoms with E-state index in [0.29, 0.717) is 19.0 Å². The van der Waals surface area contributed by atoms with Crippen molar-refractivity contribution in [3.05, 3.63) is 63.8 Å². The number of carbonyl (C=O) groups is 1. The lowest BCUT2D eigenvalue weighted by Gasteiger charge is -2.33. The zero-order chi connectivity index (χ0) is 22.5. The van der Waals surface area contributed by atoms with Crippen molar-refractivity contribution in [3.8, 4) is 0 Å². The quantitative estimate of drug-likeness (QED) is 0.696. The molecule has 1 aromatic heterocycles. The summed E-state index contributed by atoms with van der Waals surface area (Å²) in [6.45, 7) is 5.82. The lowest BCUT2D eigenvalue weighted by molar-refractivity contribution is -0.131. The van der Waals surface area contributed by atoms with E-state index in [2.05, 4.69) is 24.0 Å². The Morgan fingerprint density at radius 2 is 1.97 bits per heavy atom. The number of rotatable bonds is 6. The van der Waals surface area contributed by atoms with Crippen LogP contribution in [0.5, 0.6) is 0 Å². The summed E-state index contributed by atoms with van der Waals surface area (Å²) in [5.74, 6) is 1.64. The molecule has 32 heavy (non-hydrogen) atoms. The van der Waals surface area contributed by atoms with Gasteiger partial charge in [-0.2, -0.15) is 0 Å². The van der Waals surface area contributed by atoms with Gasteiger partial charge in [0.05, 0.1) is 12.2 Å². The molecular weight excluding hydrogens is 400 g/mol. The Morgan fingerprint density at radius 1 is 1.16 bits per heavy atom. The number of benzene rings is 1. The molecule has 2 aliphatic heterocycles. The Kier molecular flexibility index (Phi) is 7.40. The van der Waals surface area contributed by atoms with Crippen LogP contribution in [-0.4, -0.2) is 58.5 Å². The van der Waals surface area contributed by atoms with Crippen molar-refractivity contribution in [2.24, 2.45) is 0 Å². The van der Waals surface area contributed by atoms with Gasteiger partial charge in [0.1, 0.15) is 5.82 Å². The van der Waals surface area contributed by atoms with E-state index in [-0.39, 0.29) is 17.4 Å². The smallest absolute Gasteiger partial charge is 0.253 e. The maximum atomic E-state index is 12.9. The van der Waals surface area contributed by atoms with E-state index in [9.17, 15) is 9.59 Å². The van der Waals surface area contributed by atoms with Gasteiger partial charge < -0.3 is 4.90 Å². The molecule has 0 spiro atoms. The monoisotopic (exact) mass is 436 g/mol. The number of likely N-dealkylation sites (tertiary alicyclic amines) is 1. The van der Waals surface area contributed by atoms with Crippen LogP contribution in [0.25, 0.3) is 0 Å². The molecular formula is C26H36N4O2. The summed E-state index contributed by atoms with van der Waals surface area (Å²) in [5.41, 5.74) is 2.27. The van der Waals surface area contributed by atoms with Crippen LogP contribution in [-0.2, 0) is 17.8 Å². The van der Waals surface area contributed by atoms with Crippen LogP contribution in [0.3, 0.4) is 0 Å². The lowest BCUT2D eigenvalue weighted by Crippen LogP contribution is -2.43. The summed E-state index contributed by atoms with van der Waals surface area (Å²) in [6, 6.07) is 12.1. The molecule has 0 saturated carbocycles. The third-order valence-electron chi connectivity index (χ3n) is 7.01. The van der Waals surface area contributed by atoms with Crippen molar-refractivity contribution in [2.75, 3.05) is 33.2 Å². The van der Waals surface area contributed by atoms with E-state index >= 15 is 0 Å². The summed E-state index contributed by atoms with van der Waals surface area (Å²) < 4.78 is 1.86. The molecule has 6 nitrogen and oxygen atoms in total. The van der Waals surface area contributed by atoms with Crippen molar-refractivity contribution in [1.29, 1.82) is 0 Å². The van der Waals surface area contributed by atoms with E-state index < -0.39 is 0 Å². The maximum Gasteiger partial charge on any atom is 0.253 e. The standard InChI is InChI=1S/C26H36N4O2/c1-20(21-10-5-3-6-11-21)17-28(2)26(32)19-29-14-9-12-22(18-29)23-16-25(31)30-15-8-4-7-13-24(30)27-23/h3,5-6,10-11,16,20,22H,4,7-9,12-15,17-19H2,1-2H3/t20-,22-/m0/s1. The molecule has 1 fully saturated rings. The van der Waals surface area contributed by atoms with Gasteiger partial charge in [-0.1, -0.05) is 43.7 Å². The number of hydrogen-bond donors (Lipinski definition) is 0. The first kappa shape index (κ1) is 22.7. The molecule has 0 unspecified atom stereocenters. The number of piperidine rings is 1. The predicted octanol–water partition coefficient (Wildman–Crippen LogP) is 3.41. The molecule has 0 N–H and O–H groups in total. The maximum absolute atomic E-state index is 12.9. The summed E-state index contributed by atoms with van der Waals surface area (Å²) >= 11 is 0. The Balaban J connectivity index is 1.37. The number of fused-ring (bicyclic) bond motifs is 1. The first-order chi connectivity index (χ1) is 15.5. The first-order valence-corrected chi connectivity index (χ1v) is 12.1. The minimum Gasteiger partial charge on any atom is -0.344 e. The van der Waals surface area contributed by atoms with Gasteiger partial charge >= 0.3 is 0 Å². The highest BCUT2D eigenvalue weighted by Gasteiger charge is 2.26. The number of amides is 1. The number of hydrogen-bond acceptors (Lipinski definition) is 4. The molecule has 1 aromatic carbocycles. The fraction of sp³-hybridized carbons (Fsp3) is 0.577. The first-order valence-electron chi connectivity index (χ1n) is 12.1. The second-order valence-corrected chi connectivity index (χ2v) is 9.56. The summed E-state index contributed by atoms with van der Waals surface area (Å²) in [4.78, 5) is 34.6. The predicted molar refractivity (Wildman–Crippen MR) is 127 cm³/mol. The van der Waals surface area contributed by atoms with Gasteiger partial charge in [0.25, 0.3) is 5.56 Å². The molecule has 2 atom stereocenters. The molecule has 1 amide bonds. The minimum atomic E-state index is 0.0923. The molecule has 3 heterocycles. The fourth-order valence-corrected chi connectivity index (χ4v) is 5.09. The van der Waals surface area contributed by atoms with Crippen molar-refractivity contribution < 1.29 is 4.79 Å². The second kappa shape index (κ2) is 10.4.